The molecule has 1 fully saturated rings. The van der Waals surface area contributed by atoms with E-state index in [0.717, 1.165) is 16.9 Å². The number of nitrogens with zero attached hydrogens (tertiary/aromatic N) is 2. The van der Waals surface area contributed by atoms with E-state index in [2.05, 4.69) is 20.6 Å². The molecular formula is C21H18N4O3. The molecule has 7 heteroatoms. The molecule has 0 saturated carbocycles. The van der Waals surface area contributed by atoms with Crippen molar-refractivity contribution < 1.29 is 14.3 Å². The highest BCUT2D eigenvalue weighted by Gasteiger charge is 2.28. The van der Waals surface area contributed by atoms with Gasteiger partial charge in [0.15, 0.2) is 0 Å². The van der Waals surface area contributed by atoms with Crippen LogP contribution in [0.25, 0.3) is 11.3 Å². The summed E-state index contributed by atoms with van der Waals surface area (Å²) in [6.07, 6.45) is 2.30. The van der Waals surface area contributed by atoms with Gasteiger partial charge in [0, 0.05) is 29.8 Å². The lowest BCUT2D eigenvalue weighted by atomic mass is 10.1. The summed E-state index contributed by atoms with van der Waals surface area (Å²) in [5.41, 5.74) is 2.52. The number of rotatable bonds is 5. The van der Waals surface area contributed by atoms with Crippen LogP contribution in [0.5, 0.6) is 5.75 Å². The number of amides is 1. The Balaban J connectivity index is 1.46. The van der Waals surface area contributed by atoms with Crippen LogP contribution in [0.4, 0.5) is 11.5 Å². The molecule has 2 heterocycles. The van der Waals surface area contributed by atoms with E-state index in [1.165, 1.54) is 6.33 Å². The van der Waals surface area contributed by atoms with Crippen molar-refractivity contribution in [2.75, 3.05) is 5.32 Å². The average Bonchev–Trinajstić information content (AvgIpc) is 3.16. The molecule has 0 spiro atoms. The quantitative estimate of drug-likeness (QED) is 0.527. The van der Waals surface area contributed by atoms with E-state index >= 15 is 0 Å². The third kappa shape index (κ3) is 4.15. The van der Waals surface area contributed by atoms with Crippen molar-refractivity contribution in [2.45, 2.75) is 18.9 Å². The Morgan fingerprint density at radius 2 is 1.93 bits per heavy atom. The lowest BCUT2D eigenvalue weighted by Crippen LogP contribution is -2.36. The molecule has 1 aliphatic heterocycles. The second-order valence-corrected chi connectivity index (χ2v) is 6.39. The number of benzene rings is 2. The molecule has 0 aliphatic carbocycles. The van der Waals surface area contributed by atoms with Crippen molar-refractivity contribution in [1.29, 1.82) is 0 Å². The summed E-state index contributed by atoms with van der Waals surface area (Å²) in [6.45, 7) is 0. The Bertz CT molecular complexity index is 1010. The zero-order chi connectivity index (χ0) is 19.3. The Labute approximate surface area is 161 Å². The molecule has 28 heavy (non-hydrogen) atoms. The van der Waals surface area contributed by atoms with Gasteiger partial charge in [-0.05, 0) is 18.6 Å². The third-order valence-electron chi connectivity index (χ3n) is 4.34. The van der Waals surface area contributed by atoms with Crippen LogP contribution in [0, 0.1) is 0 Å². The molecular weight excluding hydrogens is 356 g/mol. The van der Waals surface area contributed by atoms with Crippen LogP contribution in [0.15, 0.2) is 67.0 Å². The standard InChI is InChI=1S/C21H18N4O3/c26-20-10-9-17(25-20)21(27)28-16-8-4-7-15(11-16)24-19-12-18(22-13-23-19)14-5-2-1-3-6-14/h1-8,11-13,17H,9-10H2,(H,25,26)(H,22,23,24). The summed E-state index contributed by atoms with van der Waals surface area (Å²) in [4.78, 5) is 32.0. The van der Waals surface area contributed by atoms with Crippen LogP contribution >= 0.6 is 0 Å². The second kappa shape index (κ2) is 7.87. The van der Waals surface area contributed by atoms with E-state index in [0.29, 0.717) is 24.4 Å². The Morgan fingerprint density at radius 1 is 1.07 bits per heavy atom. The molecule has 1 aliphatic rings. The number of esters is 1. The molecule has 7 nitrogen and oxygen atoms in total. The molecule has 2 aromatic carbocycles. The first-order chi connectivity index (χ1) is 13.7. The van der Waals surface area contributed by atoms with Crippen molar-refractivity contribution in [3.8, 4) is 17.0 Å². The number of carbonyl (C=O) groups excluding carboxylic acids is 2. The SMILES string of the molecule is O=C1CCC(C(=O)Oc2cccc(Nc3cc(-c4ccccc4)ncn3)c2)N1. The van der Waals surface area contributed by atoms with E-state index < -0.39 is 12.0 Å². The van der Waals surface area contributed by atoms with E-state index in [9.17, 15) is 9.59 Å². The second-order valence-electron chi connectivity index (χ2n) is 6.39. The summed E-state index contributed by atoms with van der Waals surface area (Å²) in [7, 11) is 0. The molecule has 1 atom stereocenters. The Hall–Kier alpha value is -3.74. The van der Waals surface area contributed by atoms with Crippen LogP contribution < -0.4 is 15.4 Å². The van der Waals surface area contributed by atoms with Gasteiger partial charge in [-0.25, -0.2) is 14.8 Å². The van der Waals surface area contributed by atoms with Crippen LogP contribution in [-0.2, 0) is 9.59 Å². The largest absolute Gasteiger partial charge is 0.425 e. The maximum absolute atomic E-state index is 12.2. The maximum atomic E-state index is 12.2. The van der Waals surface area contributed by atoms with Crippen molar-refractivity contribution in [3.63, 3.8) is 0 Å². The molecule has 1 saturated heterocycles. The summed E-state index contributed by atoms with van der Waals surface area (Å²) in [5, 5.41) is 5.80. The molecule has 1 unspecified atom stereocenters. The topological polar surface area (TPSA) is 93.2 Å². The van der Waals surface area contributed by atoms with Crippen LogP contribution in [0.3, 0.4) is 0 Å². The van der Waals surface area contributed by atoms with E-state index in [1.54, 1.807) is 18.2 Å². The zero-order valence-corrected chi connectivity index (χ0v) is 15.0. The van der Waals surface area contributed by atoms with Crippen molar-refractivity contribution in [1.82, 2.24) is 15.3 Å². The summed E-state index contributed by atoms with van der Waals surface area (Å²) < 4.78 is 5.39. The highest BCUT2D eigenvalue weighted by molar-refractivity contribution is 5.89. The predicted octanol–water partition coefficient (Wildman–Crippen LogP) is 3.07. The number of carbonyl (C=O) groups is 2. The molecule has 3 aromatic rings. The minimum absolute atomic E-state index is 0.129. The highest BCUT2D eigenvalue weighted by atomic mass is 16.5. The van der Waals surface area contributed by atoms with Crippen molar-refractivity contribution in [2.24, 2.45) is 0 Å². The first kappa shape index (κ1) is 17.7. The fourth-order valence-corrected chi connectivity index (χ4v) is 2.96. The van der Waals surface area contributed by atoms with Gasteiger partial charge < -0.3 is 15.4 Å². The Kier molecular flexibility index (Phi) is 4.97. The minimum Gasteiger partial charge on any atom is -0.425 e. The van der Waals surface area contributed by atoms with E-state index in [4.69, 9.17) is 4.74 Å². The molecule has 140 valence electrons. The summed E-state index contributed by atoms with van der Waals surface area (Å²) in [6, 6.07) is 18.1. The molecule has 4 rings (SSSR count). The predicted molar refractivity (Wildman–Crippen MR) is 104 cm³/mol. The lowest BCUT2D eigenvalue weighted by Gasteiger charge is -2.11. The van der Waals surface area contributed by atoms with Crippen LogP contribution in [0.1, 0.15) is 12.8 Å². The normalized spacial score (nSPS) is 15.7. The molecule has 1 aromatic heterocycles. The van der Waals surface area contributed by atoms with Gasteiger partial charge in [0.05, 0.1) is 5.69 Å². The molecule has 0 bridgehead atoms. The van der Waals surface area contributed by atoms with Gasteiger partial charge >= 0.3 is 5.97 Å². The minimum atomic E-state index is -0.584. The third-order valence-corrected chi connectivity index (χ3v) is 4.34. The number of hydrogen-bond donors (Lipinski definition) is 2. The van der Waals surface area contributed by atoms with Gasteiger partial charge in [0.2, 0.25) is 5.91 Å². The number of hydrogen-bond acceptors (Lipinski definition) is 6. The van der Waals surface area contributed by atoms with Crippen molar-refractivity contribution in [3.05, 3.63) is 67.0 Å². The average molecular weight is 374 g/mol. The van der Waals surface area contributed by atoms with Crippen LogP contribution in [-0.4, -0.2) is 27.9 Å². The van der Waals surface area contributed by atoms with Crippen molar-refractivity contribution >= 4 is 23.4 Å². The first-order valence-corrected chi connectivity index (χ1v) is 8.93. The molecule has 2 N–H and O–H groups in total. The number of aromatic nitrogens is 2. The van der Waals surface area contributed by atoms with Gasteiger partial charge in [-0.1, -0.05) is 36.4 Å². The smallest absolute Gasteiger partial charge is 0.334 e. The maximum Gasteiger partial charge on any atom is 0.334 e. The zero-order valence-electron chi connectivity index (χ0n) is 15.0. The summed E-state index contributed by atoms with van der Waals surface area (Å²) in [5.74, 6) is 0.431. The van der Waals surface area contributed by atoms with Gasteiger partial charge in [-0.15, -0.1) is 0 Å². The van der Waals surface area contributed by atoms with Crippen LogP contribution in [0.2, 0.25) is 0 Å². The number of ether oxygens (including phenoxy) is 1. The lowest BCUT2D eigenvalue weighted by molar-refractivity contribution is -0.137. The fourth-order valence-electron chi connectivity index (χ4n) is 2.96. The monoisotopic (exact) mass is 374 g/mol. The van der Waals surface area contributed by atoms with Gasteiger partial charge in [-0.3, -0.25) is 4.79 Å². The molecule has 1 amide bonds. The van der Waals surface area contributed by atoms with E-state index in [-0.39, 0.29) is 5.91 Å². The number of anilines is 2. The highest BCUT2D eigenvalue weighted by Crippen LogP contribution is 2.24. The fraction of sp³-hybridized carbons (Fsp3) is 0.143. The molecule has 0 radical (unpaired) electrons. The van der Waals surface area contributed by atoms with Gasteiger partial charge in [0.25, 0.3) is 0 Å². The first-order valence-electron chi connectivity index (χ1n) is 8.93. The van der Waals surface area contributed by atoms with Gasteiger partial charge in [-0.2, -0.15) is 0 Å². The van der Waals surface area contributed by atoms with E-state index in [1.807, 2.05) is 42.5 Å². The Morgan fingerprint density at radius 3 is 2.71 bits per heavy atom. The number of nitrogens with one attached hydrogen (secondary N) is 2. The summed E-state index contributed by atoms with van der Waals surface area (Å²) >= 11 is 0. The van der Waals surface area contributed by atoms with Gasteiger partial charge in [0.1, 0.15) is 23.9 Å².